The number of carbonyl (C=O) groups excluding carboxylic acids is 1. The lowest BCUT2D eigenvalue weighted by atomic mass is 10.8. The first-order valence-electron chi connectivity index (χ1n) is 3.94. The molecule has 10 heteroatoms. The number of nitrogens with zero attached hydrogens (tertiary/aromatic N) is 3. The molecule has 0 atom stereocenters. The topological polar surface area (TPSA) is 112 Å². The molecular weight excluding hydrogens is 240 g/mol. The summed E-state index contributed by atoms with van der Waals surface area (Å²) in [6.07, 6.45) is -1.21. The number of guanidine groups is 1. The summed E-state index contributed by atoms with van der Waals surface area (Å²) in [5.74, 6) is -0.790. The number of hydrogen-bond donors (Lipinski definition) is 1. The molecule has 90 valence electrons. The Bertz CT molecular complexity index is 456. The van der Waals surface area contributed by atoms with Gasteiger partial charge in [-0.15, -0.1) is 4.31 Å². The molecule has 1 rings (SSSR count). The molecule has 0 unspecified atom stereocenters. The van der Waals surface area contributed by atoms with Gasteiger partial charge in [0, 0.05) is 7.05 Å². The molecule has 1 aliphatic rings. The summed E-state index contributed by atoms with van der Waals surface area (Å²) in [6, 6.07) is -0.301. The molecule has 1 aliphatic heterocycles. The lowest BCUT2D eigenvalue weighted by Gasteiger charge is -2.29. The Balaban J connectivity index is 3.30. The van der Waals surface area contributed by atoms with Gasteiger partial charge in [0.15, 0.2) is 0 Å². The third-order valence-electron chi connectivity index (χ3n) is 1.76. The zero-order valence-corrected chi connectivity index (χ0v) is 9.61. The molecule has 0 aromatic carbocycles. The van der Waals surface area contributed by atoms with Crippen molar-refractivity contribution >= 4 is 28.3 Å². The van der Waals surface area contributed by atoms with Gasteiger partial charge in [0.25, 0.3) is 0 Å². The largest absolute Gasteiger partial charge is 0.467 e. The van der Waals surface area contributed by atoms with E-state index in [0.29, 0.717) is 4.31 Å². The third-order valence-corrected chi connectivity index (χ3v) is 3.39. The lowest BCUT2D eigenvalue weighted by Crippen LogP contribution is -2.53. The van der Waals surface area contributed by atoms with Gasteiger partial charge in [-0.1, -0.05) is 0 Å². The van der Waals surface area contributed by atoms with Crippen molar-refractivity contribution in [3.05, 3.63) is 0 Å². The number of amides is 1. The van der Waals surface area contributed by atoms with Gasteiger partial charge in [-0.3, -0.25) is 5.41 Å². The second-order valence-corrected chi connectivity index (χ2v) is 4.44. The van der Waals surface area contributed by atoms with Gasteiger partial charge in [-0.25, -0.2) is 9.10 Å². The second kappa shape index (κ2) is 3.96. The van der Waals surface area contributed by atoms with Crippen LogP contribution in [0.1, 0.15) is 0 Å². The van der Waals surface area contributed by atoms with Crippen molar-refractivity contribution in [2.24, 2.45) is 4.99 Å². The van der Waals surface area contributed by atoms with Gasteiger partial charge in [-0.2, -0.15) is 13.4 Å². The molecule has 0 aromatic heterocycles. The zero-order valence-electron chi connectivity index (χ0n) is 8.79. The molecule has 1 N–H and O–H groups in total. The van der Waals surface area contributed by atoms with E-state index in [0.717, 1.165) is 14.2 Å². The van der Waals surface area contributed by atoms with Crippen LogP contribution in [0.5, 0.6) is 0 Å². The molecule has 0 aromatic rings. The minimum atomic E-state index is -4.21. The molecule has 0 spiro atoms. The number of aliphatic imine (C=N–C) groups is 1. The van der Waals surface area contributed by atoms with Gasteiger partial charge in [0.05, 0.1) is 14.2 Å². The molecule has 0 aliphatic carbocycles. The molecule has 0 saturated heterocycles. The standard InChI is InChI=1S/C6H10N4O5S/c1-9-5(14-2)8-4(7)10(6(11)15-3)16(9,12)13/h7H,1-3H3. The van der Waals surface area contributed by atoms with Gasteiger partial charge in [0.1, 0.15) is 0 Å². The Morgan fingerprint density at radius 3 is 2.44 bits per heavy atom. The number of nitrogens with one attached hydrogen (secondary N) is 1. The van der Waals surface area contributed by atoms with Gasteiger partial charge < -0.3 is 9.47 Å². The highest BCUT2D eigenvalue weighted by Gasteiger charge is 2.42. The Hall–Kier alpha value is -1.84. The Morgan fingerprint density at radius 2 is 2.00 bits per heavy atom. The Kier molecular flexibility index (Phi) is 3.03. The van der Waals surface area contributed by atoms with E-state index in [2.05, 4.69) is 14.5 Å². The van der Waals surface area contributed by atoms with Crippen LogP contribution in [0, 0.1) is 5.41 Å². The fourth-order valence-corrected chi connectivity index (χ4v) is 2.05. The van der Waals surface area contributed by atoms with Crippen molar-refractivity contribution in [2.75, 3.05) is 21.3 Å². The van der Waals surface area contributed by atoms with Crippen molar-refractivity contribution < 1.29 is 22.7 Å². The van der Waals surface area contributed by atoms with Crippen molar-refractivity contribution in [2.45, 2.75) is 0 Å². The summed E-state index contributed by atoms with van der Waals surface area (Å²) in [5.41, 5.74) is 0. The molecule has 0 saturated carbocycles. The van der Waals surface area contributed by atoms with E-state index >= 15 is 0 Å². The van der Waals surface area contributed by atoms with Crippen LogP contribution in [0.4, 0.5) is 4.79 Å². The minimum absolute atomic E-state index is 0.121. The van der Waals surface area contributed by atoms with Crippen LogP contribution in [0.15, 0.2) is 4.99 Å². The van der Waals surface area contributed by atoms with Gasteiger partial charge in [-0.05, 0) is 0 Å². The molecule has 16 heavy (non-hydrogen) atoms. The lowest BCUT2D eigenvalue weighted by molar-refractivity contribution is 0.160. The molecule has 1 heterocycles. The zero-order chi connectivity index (χ0) is 12.5. The van der Waals surface area contributed by atoms with Crippen molar-refractivity contribution in [3.8, 4) is 0 Å². The minimum Gasteiger partial charge on any atom is -0.467 e. The predicted molar refractivity (Wildman–Crippen MR) is 53.1 cm³/mol. The summed E-state index contributed by atoms with van der Waals surface area (Å²) in [4.78, 5) is 14.7. The molecule has 0 fully saturated rings. The number of methoxy groups -OCH3 is 2. The van der Waals surface area contributed by atoms with E-state index < -0.39 is 22.3 Å². The normalized spacial score (nSPS) is 19.2. The average Bonchev–Trinajstić information content (AvgIpc) is 2.22. The van der Waals surface area contributed by atoms with E-state index in [9.17, 15) is 13.2 Å². The number of hydrogen-bond acceptors (Lipinski definition) is 6. The quantitative estimate of drug-likeness (QED) is 0.603. The molecular formula is C6H10N4O5S. The highest BCUT2D eigenvalue weighted by molar-refractivity contribution is 7.88. The number of amidine groups is 1. The predicted octanol–water partition coefficient (Wildman–Crippen LogP) is -0.818. The maximum absolute atomic E-state index is 11.7. The van der Waals surface area contributed by atoms with Gasteiger partial charge in [0.2, 0.25) is 5.96 Å². The van der Waals surface area contributed by atoms with E-state index in [4.69, 9.17) is 5.41 Å². The Morgan fingerprint density at radius 1 is 1.44 bits per heavy atom. The summed E-state index contributed by atoms with van der Waals surface area (Å²) >= 11 is 0. The van der Waals surface area contributed by atoms with Crippen LogP contribution in [-0.4, -0.2) is 56.4 Å². The average molecular weight is 250 g/mol. The van der Waals surface area contributed by atoms with Crippen LogP contribution in [0.2, 0.25) is 0 Å². The second-order valence-electron chi connectivity index (χ2n) is 2.63. The van der Waals surface area contributed by atoms with Crippen LogP contribution in [0.25, 0.3) is 0 Å². The van der Waals surface area contributed by atoms with Crippen LogP contribution in [-0.2, 0) is 19.7 Å². The van der Waals surface area contributed by atoms with E-state index in [-0.39, 0.29) is 10.3 Å². The van der Waals surface area contributed by atoms with E-state index in [1.165, 1.54) is 7.11 Å². The first kappa shape index (κ1) is 12.2. The summed E-state index contributed by atoms with van der Waals surface area (Å²) in [5, 5.41) is 7.31. The van der Waals surface area contributed by atoms with Crippen molar-refractivity contribution in [3.63, 3.8) is 0 Å². The summed E-state index contributed by atoms with van der Waals surface area (Å²) in [6.45, 7) is 0. The number of rotatable bonds is 0. The number of carbonyl (C=O) groups is 1. The molecule has 9 nitrogen and oxygen atoms in total. The van der Waals surface area contributed by atoms with Crippen LogP contribution >= 0.6 is 0 Å². The molecule has 0 radical (unpaired) electrons. The van der Waals surface area contributed by atoms with Crippen molar-refractivity contribution in [1.82, 2.24) is 8.61 Å². The van der Waals surface area contributed by atoms with E-state index in [1.807, 2.05) is 0 Å². The maximum atomic E-state index is 11.7. The fraction of sp³-hybridized carbons (Fsp3) is 0.500. The van der Waals surface area contributed by atoms with Gasteiger partial charge >= 0.3 is 22.3 Å². The first-order valence-corrected chi connectivity index (χ1v) is 5.34. The monoisotopic (exact) mass is 250 g/mol. The van der Waals surface area contributed by atoms with Crippen LogP contribution in [0.3, 0.4) is 0 Å². The first-order chi connectivity index (χ1) is 7.36. The summed E-state index contributed by atoms with van der Waals surface area (Å²) < 4.78 is 33.1. The van der Waals surface area contributed by atoms with Crippen LogP contribution < -0.4 is 0 Å². The smallest absolute Gasteiger partial charge is 0.432 e. The molecule has 1 amide bonds. The van der Waals surface area contributed by atoms with Crippen molar-refractivity contribution in [1.29, 1.82) is 5.41 Å². The fourth-order valence-electron chi connectivity index (χ4n) is 0.975. The highest BCUT2D eigenvalue weighted by Crippen LogP contribution is 2.16. The number of ether oxygens (including phenoxy) is 2. The molecule has 0 bridgehead atoms. The SMILES string of the molecule is COC(=O)N1C(=N)N=C(OC)N(C)S1(=O)=O. The Labute approximate surface area is 91.9 Å². The third kappa shape index (κ3) is 1.66. The highest BCUT2D eigenvalue weighted by atomic mass is 32.2. The summed E-state index contributed by atoms with van der Waals surface area (Å²) in [7, 11) is -0.872. The maximum Gasteiger partial charge on any atom is 0.432 e. The van der Waals surface area contributed by atoms with E-state index in [1.54, 1.807) is 0 Å².